The highest BCUT2D eigenvalue weighted by atomic mass is 16.5. The summed E-state index contributed by atoms with van der Waals surface area (Å²) in [6.45, 7) is 4.82. The van der Waals surface area contributed by atoms with Crippen LogP contribution in [0.2, 0.25) is 0 Å². The Morgan fingerprint density at radius 1 is 1.58 bits per heavy atom. The van der Waals surface area contributed by atoms with Gasteiger partial charge in [-0.05, 0) is 19.1 Å². The van der Waals surface area contributed by atoms with E-state index < -0.39 is 6.09 Å². The molecule has 2 rings (SSSR count). The SMILES string of the molecule is CCN(CCN1CCOc2cc(N)ccc21)C(=O)O. The lowest BCUT2D eigenvalue weighted by atomic mass is 10.2. The van der Waals surface area contributed by atoms with Gasteiger partial charge in [-0.1, -0.05) is 0 Å². The summed E-state index contributed by atoms with van der Waals surface area (Å²) in [5.41, 5.74) is 7.37. The number of anilines is 2. The van der Waals surface area contributed by atoms with Crippen LogP contribution < -0.4 is 15.4 Å². The van der Waals surface area contributed by atoms with Crippen molar-refractivity contribution in [1.29, 1.82) is 0 Å². The van der Waals surface area contributed by atoms with Crippen molar-refractivity contribution < 1.29 is 14.6 Å². The monoisotopic (exact) mass is 265 g/mol. The summed E-state index contributed by atoms with van der Waals surface area (Å²) in [5, 5.41) is 9.00. The molecule has 0 saturated heterocycles. The Hall–Kier alpha value is -2.11. The van der Waals surface area contributed by atoms with Gasteiger partial charge in [0.05, 0.1) is 12.2 Å². The number of hydrogen-bond acceptors (Lipinski definition) is 4. The predicted molar refractivity (Wildman–Crippen MR) is 73.8 cm³/mol. The molecule has 6 nitrogen and oxygen atoms in total. The molecule has 1 amide bonds. The summed E-state index contributed by atoms with van der Waals surface area (Å²) < 4.78 is 5.56. The Kier molecular flexibility index (Phi) is 3.99. The van der Waals surface area contributed by atoms with Crippen molar-refractivity contribution >= 4 is 17.5 Å². The number of ether oxygens (including phenoxy) is 1. The van der Waals surface area contributed by atoms with Crippen LogP contribution in [0.25, 0.3) is 0 Å². The number of carbonyl (C=O) groups is 1. The Morgan fingerprint density at radius 3 is 3.05 bits per heavy atom. The highest BCUT2D eigenvalue weighted by molar-refractivity contribution is 5.66. The molecule has 0 radical (unpaired) electrons. The maximum Gasteiger partial charge on any atom is 0.407 e. The Balaban J connectivity index is 2.05. The number of hydrogen-bond donors (Lipinski definition) is 2. The fourth-order valence-corrected chi connectivity index (χ4v) is 2.16. The van der Waals surface area contributed by atoms with E-state index in [2.05, 4.69) is 4.90 Å². The molecule has 0 fully saturated rings. The second-order valence-electron chi connectivity index (χ2n) is 4.42. The summed E-state index contributed by atoms with van der Waals surface area (Å²) >= 11 is 0. The largest absolute Gasteiger partial charge is 0.489 e. The molecule has 1 aromatic carbocycles. The fourth-order valence-electron chi connectivity index (χ4n) is 2.16. The number of carboxylic acid groups (broad SMARTS) is 1. The predicted octanol–water partition coefficient (Wildman–Crippen LogP) is 1.47. The molecule has 0 bridgehead atoms. The summed E-state index contributed by atoms with van der Waals surface area (Å²) in [7, 11) is 0. The summed E-state index contributed by atoms with van der Waals surface area (Å²) in [4.78, 5) is 14.5. The lowest BCUT2D eigenvalue weighted by Gasteiger charge is -2.32. The fraction of sp³-hybridized carbons (Fsp3) is 0.462. The normalized spacial score (nSPS) is 13.6. The zero-order chi connectivity index (χ0) is 13.8. The Bertz CT molecular complexity index is 464. The van der Waals surface area contributed by atoms with Crippen LogP contribution in [0, 0.1) is 0 Å². The molecule has 6 heteroatoms. The number of nitrogen functional groups attached to an aromatic ring is 1. The van der Waals surface area contributed by atoms with E-state index in [1.165, 1.54) is 4.90 Å². The number of benzene rings is 1. The van der Waals surface area contributed by atoms with Gasteiger partial charge in [-0.15, -0.1) is 0 Å². The van der Waals surface area contributed by atoms with Gasteiger partial charge in [0.1, 0.15) is 12.4 Å². The first-order chi connectivity index (χ1) is 9.11. The van der Waals surface area contributed by atoms with Gasteiger partial charge in [-0.2, -0.15) is 0 Å². The topological polar surface area (TPSA) is 79.0 Å². The molecule has 3 N–H and O–H groups in total. The van der Waals surface area contributed by atoms with Crippen molar-refractivity contribution in [1.82, 2.24) is 4.90 Å². The third kappa shape index (κ3) is 3.01. The molecular weight excluding hydrogens is 246 g/mol. The van der Waals surface area contributed by atoms with Crippen LogP contribution in [0.15, 0.2) is 18.2 Å². The molecule has 1 aliphatic rings. The Morgan fingerprint density at radius 2 is 2.37 bits per heavy atom. The van der Waals surface area contributed by atoms with Crippen molar-refractivity contribution in [2.24, 2.45) is 0 Å². The second-order valence-corrected chi connectivity index (χ2v) is 4.42. The average molecular weight is 265 g/mol. The highest BCUT2D eigenvalue weighted by Crippen LogP contribution is 2.32. The summed E-state index contributed by atoms with van der Waals surface area (Å²) in [6, 6.07) is 5.55. The molecule has 1 heterocycles. The van der Waals surface area contributed by atoms with Gasteiger partial charge in [0.2, 0.25) is 0 Å². The van der Waals surface area contributed by atoms with E-state index in [0.717, 1.165) is 18.0 Å². The van der Waals surface area contributed by atoms with Crippen molar-refractivity contribution in [3.05, 3.63) is 18.2 Å². The zero-order valence-corrected chi connectivity index (χ0v) is 11.0. The Labute approximate surface area is 112 Å². The van der Waals surface area contributed by atoms with Crippen molar-refractivity contribution in [3.63, 3.8) is 0 Å². The second kappa shape index (κ2) is 5.69. The number of amides is 1. The van der Waals surface area contributed by atoms with E-state index in [-0.39, 0.29) is 0 Å². The van der Waals surface area contributed by atoms with Gasteiger partial charge in [0.15, 0.2) is 0 Å². The van der Waals surface area contributed by atoms with Crippen molar-refractivity contribution in [3.8, 4) is 5.75 Å². The third-order valence-electron chi connectivity index (χ3n) is 3.24. The number of fused-ring (bicyclic) bond motifs is 1. The van der Waals surface area contributed by atoms with E-state index in [4.69, 9.17) is 15.6 Å². The van der Waals surface area contributed by atoms with Gasteiger partial charge in [0, 0.05) is 31.4 Å². The van der Waals surface area contributed by atoms with Crippen LogP contribution >= 0.6 is 0 Å². The smallest absolute Gasteiger partial charge is 0.407 e. The molecule has 0 unspecified atom stereocenters. The molecule has 0 spiro atoms. The van der Waals surface area contributed by atoms with Crippen molar-refractivity contribution in [2.75, 3.05) is 43.4 Å². The van der Waals surface area contributed by atoms with E-state index in [9.17, 15) is 4.79 Å². The standard InChI is InChI=1S/C13H19N3O3/c1-2-15(13(17)18)5-6-16-7-8-19-12-9-10(14)3-4-11(12)16/h3-4,9H,2,5-8,14H2,1H3,(H,17,18). The minimum Gasteiger partial charge on any atom is -0.489 e. The number of nitrogens with zero attached hydrogens (tertiary/aromatic N) is 2. The average Bonchev–Trinajstić information content (AvgIpc) is 2.38. The van der Waals surface area contributed by atoms with Gasteiger partial charge in [-0.3, -0.25) is 0 Å². The van der Waals surface area contributed by atoms with Gasteiger partial charge < -0.3 is 25.4 Å². The molecule has 19 heavy (non-hydrogen) atoms. The molecule has 0 aliphatic carbocycles. The molecular formula is C13H19N3O3. The quantitative estimate of drug-likeness (QED) is 0.806. The third-order valence-corrected chi connectivity index (χ3v) is 3.24. The zero-order valence-electron chi connectivity index (χ0n) is 11.0. The van der Waals surface area contributed by atoms with E-state index in [1.807, 2.05) is 19.1 Å². The minimum absolute atomic E-state index is 0.482. The molecule has 0 atom stereocenters. The van der Waals surface area contributed by atoms with Crippen LogP contribution in [-0.4, -0.2) is 48.9 Å². The van der Waals surface area contributed by atoms with E-state index >= 15 is 0 Å². The molecule has 1 aliphatic heterocycles. The van der Waals surface area contributed by atoms with Gasteiger partial charge >= 0.3 is 6.09 Å². The first kappa shape index (κ1) is 13.3. The van der Waals surface area contributed by atoms with Gasteiger partial charge in [-0.25, -0.2) is 4.79 Å². The van der Waals surface area contributed by atoms with Crippen molar-refractivity contribution in [2.45, 2.75) is 6.92 Å². The molecule has 104 valence electrons. The van der Waals surface area contributed by atoms with Crippen LogP contribution in [-0.2, 0) is 0 Å². The number of nitrogens with two attached hydrogens (primary N) is 1. The molecule has 0 saturated carbocycles. The van der Waals surface area contributed by atoms with Crippen LogP contribution in [0.5, 0.6) is 5.75 Å². The maximum absolute atomic E-state index is 11.0. The molecule has 1 aromatic rings. The lowest BCUT2D eigenvalue weighted by Crippen LogP contribution is -2.41. The number of likely N-dealkylation sites (N-methyl/N-ethyl adjacent to an activating group) is 1. The van der Waals surface area contributed by atoms with Gasteiger partial charge in [0.25, 0.3) is 0 Å². The number of rotatable bonds is 4. The van der Waals surface area contributed by atoms with Crippen LogP contribution in [0.4, 0.5) is 16.2 Å². The van der Waals surface area contributed by atoms with Crippen LogP contribution in [0.1, 0.15) is 6.92 Å². The van der Waals surface area contributed by atoms with E-state index in [0.29, 0.717) is 31.9 Å². The van der Waals surface area contributed by atoms with Crippen LogP contribution in [0.3, 0.4) is 0 Å². The van der Waals surface area contributed by atoms with E-state index in [1.54, 1.807) is 6.07 Å². The summed E-state index contributed by atoms with van der Waals surface area (Å²) in [6.07, 6.45) is -0.881. The molecule has 0 aromatic heterocycles. The first-order valence-electron chi connectivity index (χ1n) is 6.37. The first-order valence-corrected chi connectivity index (χ1v) is 6.37. The minimum atomic E-state index is -0.881. The summed E-state index contributed by atoms with van der Waals surface area (Å²) in [5.74, 6) is 0.768. The maximum atomic E-state index is 11.0. The lowest BCUT2D eigenvalue weighted by molar-refractivity contribution is 0.148. The highest BCUT2D eigenvalue weighted by Gasteiger charge is 2.19.